The molecule has 1 fully saturated rings. The molecule has 1 aliphatic rings. The highest BCUT2D eigenvalue weighted by Gasteiger charge is 2.27. The molecule has 110 valence electrons. The first-order valence-electron chi connectivity index (χ1n) is 6.87. The Kier molecular flexibility index (Phi) is 4.10. The van der Waals surface area contributed by atoms with E-state index in [1.54, 1.807) is 18.5 Å². The number of nitrogens with zero attached hydrogens (tertiary/aromatic N) is 3. The minimum absolute atomic E-state index is 0.0153. The van der Waals surface area contributed by atoms with E-state index in [-0.39, 0.29) is 12.0 Å². The Labute approximate surface area is 128 Å². The molecule has 0 N–H and O–H groups in total. The fraction of sp³-hybridized carbons (Fsp3) is 0.333. The maximum absolute atomic E-state index is 12.2. The van der Waals surface area contributed by atoms with Crippen molar-refractivity contribution in [3.05, 3.63) is 48.0 Å². The van der Waals surface area contributed by atoms with Crippen molar-refractivity contribution in [3.63, 3.8) is 0 Å². The van der Waals surface area contributed by atoms with E-state index in [1.165, 1.54) is 0 Å². The second kappa shape index (κ2) is 6.18. The number of carbonyl (C=O) groups excluding carboxylic acids is 1. The van der Waals surface area contributed by atoms with Crippen LogP contribution in [0.15, 0.2) is 43.0 Å². The molecule has 0 aliphatic carbocycles. The molecule has 5 nitrogen and oxygen atoms in total. The molecule has 0 radical (unpaired) electrons. The lowest BCUT2D eigenvalue weighted by Crippen LogP contribution is -2.33. The van der Waals surface area contributed by atoms with E-state index in [0.717, 1.165) is 6.42 Å². The number of hydrogen-bond acceptors (Lipinski definition) is 3. The van der Waals surface area contributed by atoms with Gasteiger partial charge in [0.2, 0.25) is 5.91 Å². The molecule has 1 amide bonds. The van der Waals surface area contributed by atoms with Crippen molar-refractivity contribution in [2.75, 3.05) is 13.1 Å². The van der Waals surface area contributed by atoms with E-state index < -0.39 is 0 Å². The SMILES string of the molecule is O=C(Cn1cccc1)N1CC[C@@H](Oc2ccncc2Cl)C1. The highest BCUT2D eigenvalue weighted by atomic mass is 35.5. The Bertz CT molecular complexity index is 615. The molecule has 0 aromatic carbocycles. The van der Waals surface area contributed by atoms with Gasteiger partial charge in [-0.3, -0.25) is 9.78 Å². The van der Waals surface area contributed by atoms with Crippen molar-refractivity contribution in [1.29, 1.82) is 0 Å². The van der Waals surface area contributed by atoms with Crippen LogP contribution in [0.1, 0.15) is 6.42 Å². The molecule has 0 saturated carbocycles. The standard InChI is InChI=1S/C15H16ClN3O2/c16-13-9-17-5-3-14(13)21-12-4-8-19(10-12)15(20)11-18-6-1-2-7-18/h1-3,5-7,9,12H,4,8,10-11H2/t12-/m1/s1. The molecule has 1 atom stereocenters. The zero-order valence-electron chi connectivity index (χ0n) is 11.5. The summed E-state index contributed by atoms with van der Waals surface area (Å²) < 4.78 is 7.72. The third-order valence-electron chi connectivity index (χ3n) is 3.51. The van der Waals surface area contributed by atoms with Gasteiger partial charge in [-0.1, -0.05) is 11.6 Å². The summed E-state index contributed by atoms with van der Waals surface area (Å²) in [5.74, 6) is 0.731. The number of halogens is 1. The number of ether oxygens (including phenoxy) is 1. The summed E-state index contributed by atoms with van der Waals surface area (Å²) in [5, 5.41) is 0.495. The zero-order chi connectivity index (χ0) is 14.7. The smallest absolute Gasteiger partial charge is 0.242 e. The van der Waals surface area contributed by atoms with Gasteiger partial charge in [0.25, 0.3) is 0 Å². The lowest BCUT2D eigenvalue weighted by molar-refractivity contribution is -0.131. The summed E-state index contributed by atoms with van der Waals surface area (Å²) in [6.45, 7) is 1.68. The van der Waals surface area contributed by atoms with E-state index in [0.29, 0.717) is 30.4 Å². The number of amides is 1. The lowest BCUT2D eigenvalue weighted by atomic mass is 10.3. The van der Waals surface area contributed by atoms with Gasteiger partial charge in [0.15, 0.2) is 0 Å². The minimum atomic E-state index is -0.0153. The van der Waals surface area contributed by atoms with Gasteiger partial charge in [0, 0.05) is 43.8 Å². The van der Waals surface area contributed by atoms with Crippen LogP contribution in [0, 0.1) is 0 Å². The number of rotatable bonds is 4. The molecule has 2 aromatic rings. The summed E-state index contributed by atoms with van der Waals surface area (Å²) in [4.78, 5) is 17.9. The highest BCUT2D eigenvalue weighted by Crippen LogP contribution is 2.25. The van der Waals surface area contributed by atoms with Crippen LogP contribution in [-0.2, 0) is 11.3 Å². The average molecular weight is 306 g/mol. The molecule has 2 aromatic heterocycles. The van der Waals surface area contributed by atoms with Crippen LogP contribution in [0.25, 0.3) is 0 Å². The van der Waals surface area contributed by atoms with Crippen LogP contribution >= 0.6 is 11.6 Å². The first-order chi connectivity index (χ1) is 10.2. The maximum Gasteiger partial charge on any atom is 0.242 e. The summed E-state index contributed by atoms with van der Waals surface area (Å²) in [5.41, 5.74) is 0. The summed E-state index contributed by atoms with van der Waals surface area (Å²) in [7, 11) is 0. The normalized spacial score (nSPS) is 18.0. The largest absolute Gasteiger partial charge is 0.487 e. The molecule has 0 bridgehead atoms. The predicted octanol–water partition coefficient (Wildman–Crippen LogP) is 2.22. The topological polar surface area (TPSA) is 47.4 Å². The maximum atomic E-state index is 12.2. The second-order valence-corrected chi connectivity index (χ2v) is 5.44. The van der Waals surface area contributed by atoms with Crippen molar-refractivity contribution in [2.24, 2.45) is 0 Å². The summed E-state index contributed by atoms with van der Waals surface area (Å²) >= 11 is 6.03. The molecule has 21 heavy (non-hydrogen) atoms. The first-order valence-corrected chi connectivity index (χ1v) is 7.25. The first kappa shape index (κ1) is 13.9. The van der Waals surface area contributed by atoms with Gasteiger partial charge in [-0.25, -0.2) is 0 Å². The van der Waals surface area contributed by atoms with E-state index in [9.17, 15) is 4.79 Å². The molecule has 3 heterocycles. The Balaban J connectivity index is 1.56. The van der Waals surface area contributed by atoms with Crippen LogP contribution in [-0.4, -0.2) is 39.6 Å². The molecule has 0 spiro atoms. The number of pyridine rings is 1. The van der Waals surface area contributed by atoms with Gasteiger partial charge in [-0.05, 0) is 12.1 Å². The quantitative estimate of drug-likeness (QED) is 0.870. The van der Waals surface area contributed by atoms with Gasteiger partial charge in [0.05, 0.1) is 6.54 Å². The van der Waals surface area contributed by atoms with Gasteiger partial charge in [-0.2, -0.15) is 0 Å². The fourth-order valence-corrected chi connectivity index (χ4v) is 2.58. The van der Waals surface area contributed by atoms with Crippen molar-refractivity contribution in [1.82, 2.24) is 14.5 Å². The average Bonchev–Trinajstić information content (AvgIpc) is 3.13. The third kappa shape index (κ3) is 3.36. The van der Waals surface area contributed by atoms with Crippen LogP contribution in [0.4, 0.5) is 0 Å². The van der Waals surface area contributed by atoms with Crippen LogP contribution in [0.2, 0.25) is 5.02 Å². The van der Waals surface area contributed by atoms with Gasteiger partial charge in [0.1, 0.15) is 23.4 Å². The van der Waals surface area contributed by atoms with Gasteiger partial charge < -0.3 is 14.2 Å². The van der Waals surface area contributed by atoms with Crippen molar-refractivity contribution < 1.29 is 9.53 Å². The second-order valence-electron chi connectivity index (χ2n) is 5.03. The Morgan fingerprint density at radius 1 is 1.43 bits per heavy atom. The molecular weight excluding hydrogens is 290 g/mol. The lowest BCUT2D eigenvalue weighted by Gasteiger charge is -2.18. The predicted molar refractivity (Wildman–Crippen MR) is 79.3 cm³/mol. The molecule has 3 rings (SSSR count). The molecule has 6 heteroatoms. The van der Waals surface area contributed by atoms with Crippen LogP contribution in [0.5, 0.6) is 5.75 Å². The highest BCUT2D eigenvalue weighted by molar-refractivity contribution is 6.31. The Morgan fingerprint density at radius 2 is 2.24 bits per heavy atom. The summed E-state index contributed by atoms with van der Waals surface area (Å²) in [6, 6.07) is 5.57. The summed E-state index contributed by atoms with van der Waals surface area (Å²) in [6.07, 6.45) is 7.78. The third-order valence-corrected chi connectivity index (χ3v) is 3.79. The zero-order valence-corrected chi connectivity index (χ0v) is 12.2. The van der Waals surface area contributed by atoms with E-state index in [1.807, 2.05) is 34.0 Å². The molecular formula is C15H16ClN3O2. The van der Waals surface area contributed by atoms with E-state index in [2.05, 4.69) is 4.98 Å². The van der Waals surface area contributed by atoms with Crippen molar-refractivity contribution in [2.45, 2.75) is 19.1 Å². The molecule has 1 aliphatic heterocycles. The van der Waals surface area contributed by atoms with Gasteiger partial charge >= 0.3 is 0 Å². The minimum Gasteiger partial charge on any atom is -0.487 e. The molecule has 1 saturated heterocycles. The number of hydrogen-bond donors (Lipinski definition) is 0. The van der Waals surface area contributed by atoms with Crippen molar-refractivity contribution in [3.8, 4) is 5.75 Å². The van der Waals surface area contributed by atoms with Crippen molar-refractivity contribution >= 4 is 17.5 Å². The van der Waals surface area contributed by atoms with Crippen LogP contribution in [0.3, 0.4) is 0 Å². The van der Waals surface area contributed by atoms with Crippen LogP contribution < -0.4 is 4.74 Å². The fourth-order valence-electron chi connectivity index (χ4n) is 2.42. The van der Waals surface area contributed by atoms with E-state index >= 15 is 0 Å². The Hall–Kier alpha value is -2.01. The monoisotopic (exact) mass is 305 g/mol. The number of carbonyl (C=O) groups is 1. The van der Waals surface area contributed by atoms with E-state index in [4.69, 9.17) is 16.3 Å². The number of likely N-dealkylation sites (tertiary alicyclic amines) is 1. The number of aromatic nitrogens is 2. The Morgan fingerprint density at radius 3 is 3.00 bits per heavy atom. The van der Waals surface area contributed by atoms with Gasteiger partial charge in [-0.15, -0.1) is 0 Å². The molecule has 0 unspecified atom stereocenters.